The second kappa shape index (κ2) is 6.86. The highest BCUT2D eigenvalue weighted by Gasteiger charge is 1.93. The van der Waals surface area contributed by atoms with Gasteiger partial charge in [0, 0.05) is 11.6 Å². The second-order valence-corrected chi connectivity index (χ2v) is 3.63. The third-order valence-electron chi connectivity index (χ3n) is 1.99. The molecule has 1 nitrogen and oxygen atoms in total. The molecule has 0 bridgehead atoms. The summed E-state index contributed by atoms with van der Waals surface area (Å²) in [5.41, 5.74) is 1.27. The number of hydrogen-bond donors (Lipinski definition) is 0. The zero-order valence-corrected chi connectivity index (χ0v) is 9.09. The summed E-state index contributed by atoms with van der Waals surface area (Å²) in [4.78, 5) is 0. The van der Waals surface area contributed by atoms with Crippen molar-refractivity contribution in [2.24, 2.45) is 0 Å². The molecule has 0 aliphatic heterocycles. The molecule has 0 aliphatic carbocycles. The lowest BCUT2D eigenvalue weighted by Crippen LogP contribution is -1.99. The van der Waals surface area contributed by atoms with Gasteiger partial charge in [0.25, 0.3) is 0 Å². The van der Waals surface area contributed by atoms with Gasteiger partial charge >= 0.3 is 0 Å². The largest absolute Gasteiger partial charge is 0.381 e. The highest BCUT2D eigenvalue weighted by molar-refractivity contribution is 6.30. The fourth-order valence-corrected chi connectivity index (χ4v) is 1.27. The van der Waals surface area contributed by atoms with Crippen LogP contribution in [-0.2, 0) is 11.2 Å². The van der Waals surface area contributed by atoms with Crippen molar-refractivity contribution < 1.29 is 4.74 Å². The zero-order chi connectivity index (χ0) is 10.2. The first-order valence-electron chi connectivity index (χ1n) is 4.94. The summed E-state index contributed by atoms with van der Waals surface area (Å²) in [7, 11) is 0. The Labute approximate surface area is 91.0 Å². The quantitative estimate of drug-likeness (QED) is 0.655. The summed E-state index contributed by atoms with van der Waals surface area (Å²) in [5, 5.41) is 0.784. The SMILES string of the molecule is [CH2]CCCOCCc1ccc(Cl)cc1. The molecule has 1 rings (SSSR count). The number of benzene rings is 1. The fraction of sp³-hybridized carbons (Fsp3) is 0.417. The predicted octanol–water partition coefficient (Wildman–Crippen LogP) is 3.51. The van der Waals surface area contributed by atoms with Crippen LogP contribution in [0, 0.1) is 6.92 Å². The molecule has 0 saturated carbocycles. The van der Waals surface area contributed by atoms with Crippen LogP contribution in [0.3, 0.4) is 0 Å². The number of hydrogen-bond acceptors (Lipinski definition) is 1. The first kappa shape index (κ1) is 11.5. The average Bonchev–Trinajstić information content (AvgIpc) is 2.21. The Morgan fingerprint density at radius 2 is 1.86 bits per heavy atom. The summed E-state index contributed by atoms with van der Waals surface area (Å²) in [5.74, 6) is 0. The number of ether oxygens (including phenoxy) is 1. The minimum absolute atomic E-state index is 0.779. The summed E-state index contributed by atoms with van der Waals surface area (Å²) in [6.45, 7) is 5.35. The Kier molecular flexibility index (Phi) is 5.65. The van der Waals surface area contributed by atoms with E-state index in [1.54, 1.807) is 0 Å². The lowest BCUT2D eigenvalue weighted by molar-refractivity contribution is 0.135. The number of halogens is 1. The highest BCUT2D eigenvalue weighted by Crippen LogP contribution is 2.09. The monoisotopic (exact) mass is 211 g/mol. The van der Waals surface area contributed by atoms with E-state index in [-0.39, 0.29) is 0 Å². The van der Waals surface area contributed by atoms with Gasteiger partial charge in [-0.3, -0.25) is 0 Å². The molecule has 1 radical (unpaired) electrons. The molecule has 0 aromatic heterocycles. The molecule has 0 fully saturated rings. The van der Waals surface area contributed by atoms with Gasteiger partial charge in [-0.05, 0) is 30.5 Å². The topological polar surface area (TPSA) is 9.23 Å². The Bertz CT molecular complexity index is 243. The zero-order valence-electron chi connectivity index (χ0n) is 8.34. The lowest BCUT2D eigenvalue weighted by atomic mass is 10.2. The molecular formula is C12H16ClO. The molecule has 1 aromatic carbocycles. The third kappa shape index (κ3) is 4.64. The number of unbranched alkanes of at least 4 members (excludes halogenated alkanes) is 1. The van der Waals surface area contributed by atoms with Crippen LogP contribution in [0.1, 0.15) is 18.4 Å². The minimum Gasteiger partial charge on any atom is -0.381 e. The molecule has 0 spiro atoms. The van der Waals surface area contributed by atoms with Gasteiger partial charge in [-0.1, -0.05) is 37.1 Å². The highest BCUT2D eigenvalue weighted by atomic mass is 35.5. The maximum atomic E-state index is 5.78. The predicted molar refractivity (Wildman–Crippen MR) is 60.6 cm³/mol. The van der Waals surface area contributed by atoms with E-state index in [2.05, 4.69) is 6.92 Å². The van der Waals surface area contributed by atoms with Gasteiger partial charge in [0.05, 0.1) is 6.61 Å². The van der Waals surface area contributed by atoms with E-state index in [0.717, 1.165) is 37.5 Å². The maximum Gasteiger partial charge on any atom is 0.0506 e. The van der Waals surface area contributed by atoms with Gasteiger partial charge in [-0.15, -0.1) is 0 Å². The van der Waals surface area contributed by atoms with Crippen LogP contribution in [0.4, 0.5) is 0 Å². The average molecular weight is 212 g/mol. The van der Waals surface area contributed by atoms with Gasteiger partial charge in [0.1, 0.15) is 0 Å². The normalized spacial score (nSPS) is 10.4. The Balaban J connectivity index is 2.15. The molecule has 2 heteroatoms. The Hall–Kier alpha value is -0.530. The van der Waals surface area contributed by atoms with Crippen LogP contribution >= 0.6 is 11.6 Å². The van der Waals surface area contributed by atoms with Crippen LogP contribution < -0.4 is 0 Å². The second-order valence-electron chi connectivity index (χ2n) is 3.20. The third-order valence-corrected chi connectivity index (χ3v) is 2.24. The molecule has 0 saturated heterocycles. The molecule has 1 aromatic rings. The molecule has 0 unspecified atom stereocenters. The van der Waals surface area contributed by atoms with Crippen molar-refractivity contribution in [3.63, 3.8) is 0 Å². The van der Waals surface area contributed by atoms with E-state index >= 15 is 0 Å². The fourth-order valence-electron chi connectivity index (χ4n) is 1.15. The molecule has 0 amide bonds. The van der Waals surface area contributed by atoms with Crippen molar-refractivity contribution in [2.45, 2.75) is 19.3 Å². The van der Waals surface area contributed by atoms with Crippen LogP contribution in [0.5, 0.6) is 0 Å². The van der Waals surface area contributed by atoms with Crippen LogP contribution in [0.15, 0.2) is 24.3 Å². The molecule has 0 N–H and O–H groups in total. The first-order chi connectivity index (χ1) is 6.83. The van der Waals surface area contributed by atoms with E-state index in [1.165, 1.54) is 5.56 Å². The van der Waals surface area contributed by atoms with Crippen molar-refractivity contribution in [1.82, 2.24) is 0 Å². The van der Waals surface area contributed by atoms with E-state index in [1.807, 2.05) is 24.3 Å². The van der Waals surface area contributed by atoms with Gasteiger partial charge < -0.3 is 4.74 Å². The van der Waals surface area contributed by atoms with Crippen LogP contribution in [0.25, 0.3) is 0 Å². The molecule has 77 valence electrons. The summed E-state index contributed by atoms with van der Waals surface area (Å²) < 4.78 is 5.44. The lowest BCUT2D eigenvalue weighted by Gasteiger charge is -2.03. The van der Waals surface area contributed by atoms with Crippen LogP contribution in [-0.4, -0.2) is 13.2 Å². The van der Waals surface area contributed by atoms with E-state index in [0.29, 0.717) is 0 Å². The van der Waals surface area contributed by atoms with E-state index in [9.17, 15) is 0 Å². The molecule has 0 atom stereocenters. The van der Waals surface area contributed by atoms with Gasteiger partial charge in [-0.25, -0.2) is 0 Å². The summed E-state index contributed by atoms with van der Waals surface area (Å²) in [6, 6.07) is 7.89. The van der Waals surface area contributed by atoms with Crippen LogP contribution in [0.2, 0.25) is 5.02 Å². The van der Waals surface area contributed by atoms with E-state index < -0.39 is 0 Å². The van der Waals surface area contributed by atoms with E-state index in [4.69, 9.17) is 16.3 Å². The van der Waals surface area contributed by atoms with Crippen molar-refractivity contribution in [3.05, 3.63) is 41.8 Å². The first-order valence-corrected chi connectivity index (χ1v) is 5.32. The molecule has 0 heterocycles. The standard InChI is InChI=1S/C12H16ClO/c1-2-3-9-14-10-8-11-4-6-12(13)7-5-11/h4-7H,1-3,8-10H2. The van der Waals surface area contributed by atoms with Crippen molar-refractivity contribution in [1.29, 1.82) is 0 Å². The Morgan fingerprint density at radius 1 is 1.14 bits per heavy atom. The van der Waals surface area contributed by atoms with Gasteiger partial charge in [-0.2, -0.15) is 0 Å². The maximum absolute atomic E-state index is 5.78. The molecular weight excluding hydrogens is 196 g/mol. The Morgan fingerprint density at radius 3 is 2.50 bits per heavy atom. The summed E-state index contributed by atoms with van der Waals surface area (Å²) >= 11 is 5.78. The van der Waals surface area contributed by atoms with Crippen molar-refractivity contribution >= 4 is 11.6 Å². The molecule has 0 aliphatic rings. The summed E-state index contributed by atoms with van der Waals surface area (Å²) in [6.07, 6.45) is 2.94. The van der Waals surface area contributed by atoms with Gasteiger partial charge in [0.15, 0.2) is 0 Å². The smallest absolute Gasteiger partial charge is 0.0506 e. The van der Waals surface area contributed by atoms with Crippen molar-refractivity contribution in [2.75, 3.05) is 13.2 Å². The number of rotatable bonds is 6. The van der Waals surface area contributed by atoms with Gasteiger partial charge in [0.2, 0.25) is 0 Å². The molecule has 14 heavy (non-hydrogen) atoms. The van der Waals surface area contributed by atoms with Crippen molar-refractivity contribution in [3.8, 4) is 0 Å². The minimum atomic E-state index is 0.779.